The van der Waals surface area contributed by atoms with Gasteiger partial charge in [0.2, 0.25) is 0 Å². The molecule has 0 amide bonds. The van der Waals surface area contributed by atoms with Crippen molar-refractivity contribution in [3.05, 3.63) is 29.8 Å². The number of hydrogen-bond acceptors (Lipinski definition) is 3. The van der Waals surface area contributed by atoms with Crippen LogP contribution in [0.1, 0.15) is 44.8 Å². The van der Waals surface area contributed by atoms with Gasteiger partial charge in [0, 0.05) is 6.26 Å². The van der Waals surface area contributed by atoms with Gasteiger partial charge in [-0.25, -0.2) is 8.42 Å². The average Bonchev–Trinajstić information content (AvgIpc) is 2.40. The molecule has 1 aromatic carbocycles. The van der Waals surface area contributed by atoms with Gasteiger partial charge < -0.3 is 5.11 Å². The highest BCUT2D eigenvalue weighted by molar-refractivity contribution is 7.90. The minimum absolute atomic E-state index is 0.232. The highest BCUT2D eigenvalue weighted by Crippen LogP contribution is 2.40. The summed E-state index contributed by atoms with van der Waals surface area (Å²) >= 11 is 0. The molecule has 0 aliphatic heterocycles. The van der Waals surface area contributed by atoms with Gasteiger partial charge in [-0.05, 0) is 48.3 Å². The van der Waals surface area contributed by atoms with Gasteiger partial charge in [-0.3, -0.25) is 0 Å². The van der Waals surface area contributed by atoms with Crippen LogP contribution in [0.4, 0.5) is 0 Å². The van der Waals surface area contributed by atoms with E-state index < -0.39 is 15.9 Å². The summed E-state index contributed by atoms with van der Waals surface area (Å²) in [5, 5.41) is 10.5. The predicted molar refractivity (Wildman–Crippen MR) is 80.2 cm³/mol. The molecule has 1 aromatic rings. The molecule has 4 atom stereocenters. The van der Waals surface area contributed by atoms with E-state index in [1.165, 1.54) is 6.26 Å². The van der Waals surface area contributed by atoms with Crippen molar-refractivity contribution in [2.24, 2.45) is 17.8 Å². The SMILES string of the molecule is CC1CCC(C(O)c2cccc(S(C)(=O)=O)c2)CC1C. The highest BCUT2D eigenvalue weighted by Gasteiger charge is 2.30. The standard InChI is InChI=1S/C16H24O3S/c1-11-7-8-14(9-12(11)2)16(17)13-5-4-6-15(10-13)20(3,18)19/h4-6,10-12,14,16-17H,7-9H2,1-3H3. The minimum Gasteiger partial charge on any atom is -0.388 e. The second-order valence-electron chi connectivity index (χ2n) is 6.32. The second-order valence-corrected chi connectivity index (χ2v) is 8.33. The van der Waals surface area contributed by atoms with Gasteiger partial charge in [-0.1, -0.05) is 32.4 Å². The molecule has 1 saturated carbocycles. The Kier molecular flexibility index (Phi) is 4.55. The van der Waals surface area contributed by atoms with Crippen LogP contribution in [-0.4, -0.2) is 19.8 Å². The van der Waals surface area contributed by atoms with Gasteiger partial charge in [-0.2, -0.15) is 0 Å². The summed E-state index contributed by atoms with van der Waals surface area (Å²) < 4.78 is 23.2. The molecule has 1 N–H and O–H groups in total. The Morgan fingerprint density at radius 3 is 2.50 bits per heavy atom. The van der Waals surface area contributed by atoms with Crippen molar-refractivity contribution in [3.63, 3.8) is 0 Å². The summed E-state index contributed by atoms with van der Waals surface area (Å²) in [7, 11) is -3.22. The molecule has 0 saturated heterocycles. The summed E-state index contributed by atoms with van der Waals surface area (Å²) in [5.41, 5.74) is 0.722. The first-order chi connectivity index (χ1) is 9.29. The van der Waals surface area contributed by atoms with Crippen molar-refractivity contribution in [1.82, 2.24) is 0 Å². The minimum atomic E-state index is -3.22. The molecule has 0 radical (unpaired) electrons. The van der Waals surface area contributed by atoms with Crippen LogP contribution in [0.25, 0.3) is 0 Å². The molecule has 1 aliphatic rings. The Morgan fingerprint density at radius 2 is 1.90 bits per heavy atom. The third-order valence-electron chi connectivity index (χ3n) is 4.71. The molecule has 0 heterocycles. The zero-order valence-corrected chi connectivity index (χ0v) is 13.2. The van der Waals surface area contributed by atoms with E-state index in [0.29, 0.717) is 11.8 Å². The van der Waals surface area contributed by atoms with E-state index in [0.717, 1.165) is 24.8 Å². The summed E-state index contributed by atoms with van der Waals surface area (Å²) in [5.74, 6) is 1.55. The zero-order chi connectivity index (χ0) is 14.9. The van der Waals surface area contributed by atoms with Gasteiger partial charge in [0.05, 0.1) is 11.0 Å². The van der Waals surface area contributed by atoms with Crippen LogP contribution in [0.3, 0.4) is 0 Å². The number of aliphatic hydroxyl groups is 1. The number of sulfone groups is 1. The van der Waals surface area contributed by atoms with Crippen LogP contribution < -0.4 is 0 Å². The molecule has 20 heavy (non-hydrogen) atoms. The maximum atomic E-state index is 11.6. The van der Waals surface area contributed by atoms with Crippen LogP contribution in [0.5, 0.6) is 0 Å². The van der Waals surface area contributed by atoms with Crippen LogP contribution in [-0.2, 0) is 9.84 Å². The van der Waals surface area contributed by atoms with E-state index in [-0.39, 0.29) is 10.8 Å². The number of rotatable bonds is 3. The molecule has 0 spiro atoms. The molecule has 3 nitrogen and oxygen atoms in total. The lowest BCUT2D eigenvalue weighted by molar-refractivity contribution is 0.0559. The van der Waals surface area contributed by atoms with E-state index in [1.54, 1.807) is 18.2 Å². The van der Waals surface area contributed by atoms with Crippen LogP contribution in [0.15, 0.2) is 29.2 Å². The molecular formula is C16H24O3S. The van der Waals surface area contributed by atoms with Gasteiger partial charge in [0.1, 0.15) is 0 Å². The summed E-state index contributed by atoms with van der Waals surface area (Å²) in [6, 6.07) is 6.73. The average molecular weight is 296 g/mol. The fourth-order valence-electron chi connectivity index (χ4n) is 3.08. The molecule has 112 valence electrons. The Hall–Kier alpha value is -0.870. The van der Waals surface area contributed by atoms with Crippen molar-refractivity contribution >= 4 is 9.84 Å². The number of aliphatic hydroxyl groups excluding tert-OH is 1. The molecule has 0 aromatic heterocycles. The molecule has 1 aliphatic carbocycles. The maximum absolute atomic E-state index is 11.6. The largest absolute Gasteiger partial charge is 0.388 e. The first-order valence-electron chi connectivity index (χ1n) is 7.27. The summed E-state index contributed by atoms with van der Waals surface area (Å²) in [4.78, 5) is 0.284. The van der Waals surface area contributed by atoms with Crippen molar-refractivity contribution in [2.75, 3.05) is 6.26 Å². The van der Waals surface area contributed by atoms with Gasteiger partial charge in [0.25, 0.3) is 0 Å². The number of benzene rings is 1. The smallest absolute Gasteiger partial charge is 0.175 e. The molecule has 1 fully saturated rings. The number of hydrogen-bond donors (Lipinski definition) is 1. The van der Waals surface area contributed by atoms with Gasteiger partial charge >= 0.3 is 0 Å². The van der Waals surface area contributed by atoms with E-state index in [1.807, 2.05) is 6.07 Å². The lowest BCUT2D eigenvalue weighted by Gasteiger charge is -2.34. The molecular weight excluding hydrogens is 272 g/mol. The fraction of sp³-hybridized carbons (Fsp3) is 0.625. The molecule has 2 rings (SSSR count). The van der Waals surface area contributed by atoms with Gasteiger partial charge in [-0.15, -0.1) is 0 Å². The van der Waals surface area contributed by atoms with Gasteiger partial charge in [0.15, 0.2) is 9.84 Å². The zero-order valence-electron chi connectivity index (χ0n) is 12.4. The molecule has 4 heteroatoms. The van der Waals surface area contributed by atoms with Crippen LogP contribution in [0, 0.1) is 17.8 Å². The predicted octanol–water partition coefficient (Wildman–Crippen LogP) is 3.20. The topological polar surface area (TPSA) is 54.4 Å². The van der Waals surface area contributed by atoms with Crippen molar-refractivity contribution in [1.29, 1.82) is 0 Å². The monoisotopic (exact) mass is 296 g/mol. The van der Waals surface area contributed by atoms with E-state index in [4.69, 9.17) is 0 Å². The Balaban J connectivity index is 2.19. The van der Waals surface area contributed by atoms with Crippen molar-refractivity contribution < 1.29 is 13.5 Å². The Labute approximate surface area is 121 Å². The van der Waals surface area contributed by atoms with Crippen molar-refractivity contribution in [3.8, 4) is 0 Å². The van der Waals surface area contributed by atoms with Crippen LogP contribution in [0.2, 0.25) is 0 Å². The quantitative estimate of drug-likeness (QED) is 0.932. The first kappa shape index (κ1) is 15.5. The summed E-state index contributed by atoms with van der Waals surface area (Å²) in [6.45, 7) is 4.49. The third kappa shape index (κ3) is 3.41. The maximum Gasteiger partial charge on any atom is 0.175 e. The molecule has 0 bridgehead atoms. The van der Waals surface area contributed by atoms with E-state index in [9.17, 15) is 13.5 Å². The Morgan fingerprint density at radius 1 is 1.20 bits per heavy atom. The lowest BCUT2D eigenvalue weighted by atomic mass is 9.73. The van der Waals surface area contributed by atoms with E-state index >= 15 is 0 Å². The fourth-order valence-corrected chi connectivity index (χ4v) is 3.75. The normalized spacial score (nSPS) is 29.1. The van der Waals surface area contributed by atoms with Crippen LogP contribution >= 0.6 is 0 Å². The first-order valence-corrected chi connectivity index (χ1v) is 9.16. The lowest BCUT2D eigenvalue weighted by Crippen LogP contribution is -2.25. The van der Waals surface area contributed by atoms with E-state index in [2.05, 4.69) is 13.8 Å². The van der Waals surface area contributed by atoms with Crippen molar-refractivity contribution in [2.45, 2.75) is 44.1 Å². The second kappa shape index (κ2) is 5.86. The third-order valence-corrected chi connectivity index (χ3v) is 5.82. The summed E-state index contributed by atoms with van der Waals surface area (Å²) in [6.07, 6.45) is 3.78. The Bertz CT molecular complexity index is 565. The highest BCUT2D eigenvalue weighted by atomic mass is 32.2. The molecule has 4 unspecified atom stereocenters.